The van der Waals surface area contributed by atoms with Crippen molar-refractivity contribution in [3.05, 3.63) is 119 Å². The summed E-state index contributed by atoms with van der Waals surface area (Å²) >= 11 is 0. The van der Waals surface area contributed by atoms with Crippen LogP contribution in [-0.4, -0.2) is 5.97 Å². The average Bonchev–Trinajstić information content (AvgIpc) is 3.18. The zero-order chi connectivity index (χ0) is 22.8. The van der Waals surface area contributed by atoms with Crippen LogP contribution in [0.2, 0.25) is 0 Å². The van der Waals surface area contributed by atoms with Crippen LogP contribution in [0.5, 0.6) is 0 Å². The Morgan fingerprint density at radius 3 is 1.82 bits per heavy atom. The van der Waals surface area contributed by atoms with Gasteiger partial charge in [0.05, 0.1) is 5.56 Å². The fourth-order valence-electron chi connectivity index (χ4n) is 4.59. The Labute approximate surface area is 195 Å². The molecule has 0 aliphatic heterocycles. The molecule has 0 saturated heterocycles. The van der Waals surface area contributed by atoms with Crippen molar-refractivity contribution < 1.29 is 9.53 Å². The quantitative estimate of drug-likeness (QED) is 0.290. The lowest BCUT2D eigenvalue weighted by molar-refractivity contribution is 0.0386. The fraction of sp³-hybridized carbons (Fsp3) is 0.194. The number of esters is 1. The summed E-state index contributed by atoms with van der Waals surface area (Å²) in [7, 11) is 0. The van der Waals surface area contributed by atoms with Gasteiger partial charge in [-0.25, -0.2) is 4.79 Å². The lowest BCUT2D eigenvalue weighted by Crippen LogP contribution is -2.11. The van der Waals surface area contributed by atoms with Crippen LogP contribution in [-0.2, 0) is 11.2 Å². The normalized spacial score (nSPS) is 13.3. The van der Waals surface area contributed by atoms with Crippen LogP contribution in [0.1, 0.15) is 53.4 Å². The summed E-state index contributed by atoms with van der Waals surface area (Å²) in [5.74, 6) is 0.391. The third-order valence-electron chi connectivity index (χ3n) is 6.69. The zero-order valence-electron chi connectivity index (χ0n) is 19.1. The van der Waals surface area contributed by atoms with Gasteiger partial charge in [0, 0.05) is 11.1 Å². The molecule has 0 saturated carbocycles. The molecule has 5 rings (SSSR count). The Morgan fingerprint density at radius 2 is 1.27 bits per heavy atom. The first-order chi connectivity index (χ1) is 16.1. The molecule has 0 radical (unpaired) electrons. The van der Waals surface area contributed by atoms with Crippen LogP contribution in [0, 0.1) is 5.92 Å². The highest BCUT2D eigenvalue weighted by Crippen LogP contribution is 2.45. The van der Waals surface area contributed by atoms with E-state index in [1.54, 1.807) is 0 Å². The second-order valence-corrected chi connectivity index (χ2v) is 8.95. The highest BCUT2D eigenvalue weighted by molar-refractivity contribution is 5.91. The molecule has 0 spiro atoms. The maximum atomic E-state index is 13.0. The van der Waals surface area contributed by atoms with E-state index in [2.05, 4.69) is 50.2 Å². The number of benzene rings is 4. The average molecular weight is 433 g/mol. The largest absolute Gasteiger partial charge is 0.449 e. The van der Waals surface area contributed by atoms with E-state index in [-0.39, 0.29) is 12.1 Å². The van der Waals surface area contributed by atoms with E-state index in [4.69, 9.17) is 4.74 Å². The first kappa shape index (κ1) is 21.2. The summed E-state index contributed by atoms with van der Waals surface area (Å²) in [6, 6.07) is 32.8. The number of fused-ring (bicyclic) bond motifs is 3. The number of hydrogen-bond acceptors (Lipinski definition) is 2. The lowest BCUT2D eigenvalue weighted by atomic mass is 9.96. The lowest BCUT2D eigenvalue weighted by Gasteiger charge is -2.15. The number of ether oxygens (including phenoxy) is 1. The van der Waals surface area contributed by atoms with Gasteiger partial charge < -0.3 is 4.74 Å². The first-order valence-electron chi connectivity index (χ1n) is 11.7. The molecule has 4 aromatic carbocycles. The van der Waals surface area contributed by atoms with Gasteiger partial charge in [0.1, 0.15) is 0 Å². The van der Waals surface area contributed by atoms with E-state index >= 15 is 0 Å². The molecule has 1 atom stereocenters. The van der Waals surface area contributed by atoms with E-state index in [1.807, 2.05) is 60.7 Å². The molecule has 164 valence electrons. The van der Waals surface area contributed by atoms with Crippen molar-refractivity contribution in [1.82, 2.24) is 0 Å². The standard InChI is InChI=1S/C31H28O2/c1-3-21(2)20-22-12-14-23(15-13-22)24-16-18-25(19-17-24)31(32)33-30-28-10-6-4-8-26(28)27-9-5-7-11-29(27)30/h4-19,21,30H,3,20H2,1-2H3. The second kappa shape index (κ2) is 9.07. The number of carbonyl (C=O) groups is 1. The molecule has 0 fully saturated rings. The van der Waals surface area contributed by atoms with Crippen LogP contribution in [0.15, 0.2) is 97.1 Å². The molecule has 0 N–H and O–H groups in total. The van der Waals surface area contributed by atoms with Gasteiger partial charge in [-0.1, -0.05) is 105 Å². The van der Waals surface area contributed by atoms with Crippen LogP contribution < -0.4 is 0 Å². The summed E-state index contributed by atoms with van der Waals surface area (Å²) in [4.78, 5) is 13.0. The molecule has 1 unspecified atom stereocenters. The molecule has 33 heavy (non-hydrogen) atoms. The molecule has 4 aromatic rings. The van der Waals surface area contributed by atoms with Crippen LogP contribution >= 0.6 is 0 Å². The van der Waals surface area contributed by atoms with Crippen molar-refractivity contribution in [2.24, 2.45) is 5.92 Å². The van der Waals surface area contributed by atoms with Crippen LogP contribution in [0.25, 0.3) is 22.3 Å². The van der Waals surface area contributed by atoms with Gasteiger partial charge in [0.25, 0.3) is 0 Å². The first-order valence-corrected chi connectivity index (χ1v) is 11.7. The minimum atomic E-state index is -0.373. The zero-order valence-corrected chi connectivity index (χ0v) is 19.1. The maximum absolute atomic E-state index is 13.0. The highest BCUT2D eigenvalue weighted by Gasteiger charge is 2.31. The predicted molar refractivity (Wildman–Crippen MR) is 134 cm³/mol. The van der Waals surface area contributed by atoms with Gasteiger partial charge in [-0.3, -0.25) is 0 Å². The van der Waals surface area contributed by atoms with Gasteiger partial charge in [-0.15, -0.1) is 0 Å². The summed E-state index contributed by atoms with van der Waals surface area (Å²) in [5, 5.41) is 0. The molecule has 2 heteroatoms. The van der Waals surface area contributed by atoms with Crippen molar-refractivity contribution in [2.75, 3.05) is 0 Å². The van der Waals surface area contributed by atoms with Crippen molar-refractivity contribution >= 4 is 5.97 Å². The van der Waals surface area contributed by atoms with E-state index in [0.717, 1.165) is 39.8 Å². The fourth-order valence-corrected chi connectivity index (χ4v) is 4.59. The Morgan fingerprint density at radius 1 is 0.758 bits per heavy atom. The van der Waals surface area contributed by atoms with Gasteiger partial charge in [-0.2, -0.15) is 0 Å². The Kier molecular flexibility index (Phi) is 5.83. The van der Waals surface area contributed by atoms with Crippen LogP contribution in [0.4, 0.5) is 0 Å². The van der Waals surface area contributed by atoms with Crippen LogP contribution in [0.3, 0.4) is 0 Å². The number of hydrogen-bond donors (Lipinski definition) is 0. The Hall–Kier alpha value is -3.65. The minimum Gasteiger partial charge on any atom is -0.449 e. The smallest absolute Gasteiger partial charge is 0.339 e. The third-order valence-corrected chi connectivity index (χ3v) is 6.69. The summed E-state index contributed by atoms with van der Waals surface area (Å²) < 4.78 is 6.02. The molecule has 1 aliphatic carbocycles. The Balaban J connectivity index is 1.33. The van der Waals surface area contributed by atoms with E-state index in [0.29, 0.717) is 11.5 Å². The second-order valence-electron chi connectivity index (χ2n) is 8.95. The number of carbonyl (C=O) groups excluding carboxylic acids is 1. The number of rotatable bonds is 6. The summed E-state index contributed by atoms with van der Waals surface area (Å²) in [6.45, 7) is 4.52. The minimum absolute atomic E-state index is 0.304. The van der Waals surface area contributed by atoms with Crippen molar-refractivity contribution in [2.45, 2.75) is 32.8 Å². The predicted octanol–water partition coefficient (Wildman–Crippen LogP) is 7.87. The summed E-state index contributed by atoms with van der Waals surface area (Å²) in [5.41, 5.74) is 8.54. The van der Waals surface area contributed by atoms with Gasteiger partial charge in [0.2, 0.25) is 0 Å². The van der Waals surface area contributed by atoms with Gasteiger partial charge >= 0.3 is 5.97 Å². The summed E-state index contributed by atoms with van der Waals surface area (Å²) in [6.07, 6.45) is 1.93. The molecular weight excluding hydrogens is 404 g/mol. The molecule has 2 nitrogen and oxygen atoms in total. The van der Waals surface area contributed by atoms with Crippen molar-refractivity contribution in [3.8, 4) is 22.3 Å². The third kappa shape index (κ3) is 4.21. The van der Waals surface area contributed by atoms with E-state index in [9.17, 15) is 4.79 Å². The molecule has 0 aromatic heterocycles. The molecule has 0 bridgehead atoms. The van der Waals surface area contributed by atoms with E-state index in [1.165, 1.54) is 12.0 Å². The maximum Gasteiger partial charge on any atom is 0.339 e. The Bertz CT molecular complexity index is 1220. The van der Waals surface area contributed by atoms with Gasteiger partial charge in [0.15, 0.2) is 6.10 Å². The highest BCUT2D eigenvalue weighted by atomic mass is 16.5. The van der Waals surface area contributed by atoms with Crippen molar-refractivity contribution in [1.29, 1.82) is 0 Å². The topological polar surface area (TPSA) is 26.3 Å². The monoisotopic (exact) mass is 432 g/mol. The molecule has 1 aliphatic rings. The molecular formula is C31H28O2. The molecule has 0 amide bonds. The SMILES string of the molecule is CCC(C)Cc1ccc(-c2ccc(C(=O)OC3c4ccccc4-c4ccccc43)cc2)cc1. The van der Waals surface area contributed by atoms with Crippen molar-refractivity contribution in [3.63, 3.8) is 0 Å². The molecule has 0 heterocycles. The van der Waals surface area contributed by atoms with Gasteiger partial charge in [-0.05, 0) is 52.3 Å². The van der Waals surface area contributed by atoms with E-state index < -0.39 is 0 Å².